The molecule has 31 heavy (non-hydrogen) atoms. The maximum atomic E-state index is 13.5. The molecule has 0 aromatic heterocycles. The highest BCUT2D eigenvalue weighted by atomic mass is 16.6. The summed E-state index contributed by atoms with van der Waals surface area (Å²) in [5, 5.41) is 10.8. The predicted molar refractivity (Wildman–Crippen MR) is 124 cm³/mol. The number of amides is 2. The van der Waals surface area contributed by atoms with Crippen molar-refractivity contribution in [2.45, 2.75) is 90.9 Å². The van der Waals surface area contributed by atoms with Crippen molar-refractivity contribution in [1.82, 2.24) is 4.90 Å². The number of hydrogen-bond acceptors (Lipinski definition) is 4. The van der Waals surface area contributed by atoms with E-state index in [1.54, 1.807) is 6.08 Å². The van der Waals surface area contributed by atoms with Crippen LogP contribution in [0.25, 0.3) is 0 Å². The van der Waals surface area contributed by atoms with Crippen molar-refractivity contribution in [2.75, 3.05) is 0 Å². The number of aliphatic hydroxyl groups is 1. The molecule has 0 unspecified atom stereocenters. The molecule has 1 aliphatic rings. The Morgan fingerprint density at radius 2 is 1.87 bits per heavy atom. The normalized spacial score (nSPS) is 20.3. The van der Waals surface area contributed by atoms with Crippen LogP contribution < -0.4 is 0 Å². The number of aliphatic hydroxyl groups excluding tert-OH is 1. The zero-order valence-corrected chi connectivity index (χ0v) is 19.7. The van der Waals surface area contributed by atoms with E-state index in [-0.39, 0.29) is 11.8 Å². The van der Waals surface area contributed by atoms with E-state index in [1.807, 2.05) is 64.1 Å². The molecule has 172 valence electrons. The Kier molecular flexibility index (Phi) is 9.30. The SMILES string of the molecule is CCCCCC/C=C/[C@H](O)[C@H](C(=O)N1C(=O)OC(C)(C)[C@H]1Cc1ccccc1)C(C)C. The molecule has 1 aromatic rings. The number of carbonyl (C=O) groups is 2. The number of rotatable bonds is 11. The molecule has 1 aliphatic heterocycles. The maximum absolute atomic E-state index is 13.5. The molecule has 5 nitrogen and oxygen atoms in total. The van der Waals surface area contributed by atoms with Gasteiger partial charge in [0.25, 0.3) is 0 Å². The molecular weight excluding hydrogens is 390 g/mol. The number of carbonyl (C=O) groups excluding carboxylic acids is 2. The quantitative estimate of drug-likeness (QED) is 0.372. The second-order valence-corrected chi connectivity index (χ2v) is 9.42. The van der Waals surface area contributed by atoms with Gasteiger partial charge in [-0.05, 0) is 44.6 Å². The first-order valence-corrected chi connectivity index (χ1v) is 11.6. The molecule has 0 spiro atoms. The number of cyclic esters (lactones) is 1. The fraction of sp³-hybridized carbons (Fsp3) is 0.615. The van der Waals surface area contributed by atoms with Crippen LogP contribution in [0.3, 0.4) is 0 Å². The van der Waals surface area contributed by atoms with Gasteiger partial charge in [0.05, 0.1) is 18.1 Å². The molecule has 0 aliphatic carbocycles. The van der Waals surface area contributed by atoms with E-state index in [9.17, 15) is 14.7 Å². The Morgan fingerprint density at radius 3 is 2.48 bits per heavy atom. The Labute approximate surface area is 187 Å². The van der Waals surface area contributed by atoms with Gasteiger partial charge in [0.2, 0.25) is 5.91 Å². The van der Waals surface area contributed by atoms with E-state index in [4.69, 9.17) is 4.74 Å². The number of hydrogen-bond donors (Lipinski definition) is 1. The summed E-state index contributed by atoms with van der Waals surface area (Å²) in [5.41, 5.74) is 0.231. The molecule has 1 N–H and O–H groups in total. The molecule has 2 amide bonds. The number of unbranched alkanes of at least 4 members (excludes halogenated alkanes) is 4. The van der Waals surface area contributed by atoms with Crippen LogP contribution >= 0.6 is 0 Å². The minimum Gasteiger partial charge on any atom is -0.441 e. The van der Waals surface area contributed by atoms with Crippen molar-refractivity contribution in [3.05, 3.63) is 48.0 Å². The molecule has 1 saturated heterocycles. The molecule has 2 rings (SSSR count). The monoisotopic (exact) mass is 429 g/mol. The lowest BCUT2D eigenvalue weighted by atomic mass is 9.86. The molecular formula is C26H39NO4. The fourth-order valence-electron chi connectivity index (χ4n) is 4.23. The van der Waals surface area contributed by atoms with Crippen LogP contribution in [0, 0.1) is 11.8 Å². The smallest absolute Gasteiger partial charge is 0.417 e. The van der Waals surface area contributed by atoms with Gasteiger partial charge in [0, 0.05) is 0 Å². The zero-order chi connectivity index (χ0) is 23.0. The third-order valence-corrected chi connectivity index (χ3v) is 6.10. The number of imide groups is 1. The second kappa shape index (κ2) is 11.5. The van der Waals surface area contributed by atoms with Gasteiger partial charge in [-0.25, -0.2) is 9.69 Å². The van der Waals surface area contributed by atoms with Gasteiger partial charge in [-0.3, -0.25) is 4.79 Å². The van der Waals surface area contributed by atoms with Crippen molar-refractivity contribution in [2.24, 2.45) is 11.8 Å². The lowest BCUT2D eigenvalue weighted by Crippen LogP contribution is -2.51. The molecule has 1 aromatic carbocycles. The van der Waals surface area contributed by atoms with Gasteiger partial charge in [-0.15, -0.1) is 0 Å². The van der Waals surface area contributed by atoms with Crippen LogP contribution in [0.2, 0.25) is 0 Å². The Balaban J connectivity index is 2.17. The van der Waals surface area contributed by atoms with Crippen LogP contribution in [-0.2, 0) is 16.0 Å². The minimum atomic E-state index is -0.937. The number of nitrogens with zero attached hydrogens (tertiary/aromatic N) is 1. The molecule has 1 fully saturated rings. The van der Waals surface area contributed by atoms with Crippen LogP contribution in [0.5, 0.6) is 0 Å². The van der Waals surface area contributed by atoms with Crippen molar-refractivity contribution >= 4 is 12.0 Å². The van der Waals surface area contributed by atoms with E-state index in [0.29, 0.717) is 6.42 Å². The van der Waals surface area contributed by atoms with Crippen molar-refractivity contribution in [1.29, 1.82) is 0 Å². The summed E-state index contributed by atoms with van der Waals surface area (Å²) >= 11 is 0. The zero-order valence-electron chi connectivity index (χ0n) is 19.7. The maximum Gasteiger partial charge on any atom is 0.417 e. The summed E-state index contributed by atoms with van der Waals surface area (Å²) in [7, 11) is 0. The van der Waals surface area contributed by atoms with Crippen LogP contribution in [0.15, 0.2) is 42.5 Å². The second-order valence-electron chi connectivity index (χ2n) is 9.42. The Morgan fingerprint density at radius 1 is 1.19 bits per heavy atom. The average molecular weight is 430 g/mol. The van der Waals surface area contributed by atoms with Gasteiger partial charge in [-0.2, -0.15) is 0 Å². The highest BCUT2D eigenvalue weighted by Gasteiger charge is 2.52. The third-order valence-electron chi connectivity index (χ3n) is 6.10. The molecule has 0 bridgehead atoms. The van der Waals surface area contributed by atoms with Crippen molar-refractivity contribution in [3.63, 3.8) is 0 Å². The Hall–Kier alpha value is -2.14. The van der Waals surface area contributed by atoms with Gasteiger partial charge in [0.15, 0.2) is 0 Å². The number of ether oxygens (including phenoxy) is 1. The lowest BCUT2D eigenvalue weighted by Gasteiger charge is -2.32. The van der Waals surface area contributed by atoms with E-state index in [1.165, 1.54) is 24.2 Å². The average Bonchev–Trinajstić information content (AvgIpc) is 2.93. The highest BCUT2D eigenvalue weighted by molar-refractivity contribution is 5.96. The molecule has 0 saturated carbocycles. The van der Waals surface area contributed by atoms with E-state index < -0.39 is 29.8 Å². The third kappa shape index (κ3) is 6.67. The first-order valence-electron chi connectivity index (χ1n) is 11.6. The van der Waals surface area contributed by atoms with Gasteiger partial charge in [-0.1, -0.05) is 82.5 Å². The number of allylic oxidation sites excluding steroid dienone is 1. The summed E-state index contributed by atoms with van der Waals surface area (Å²) in [4.78, 5) is 27.5. The predicted octanol–water partition coefficient (Wildman–Crippen LogP) is 5.51. The van der Waals surface area contributed by atoms with Crippen LogP contribution in [0.1, 0.15) is 72.3 Å². The topological polar surface area (TPSA) is 66.8 Å². The molecule has 3 atom stereocenters. The van der Waals surface area contributed by atoms with Crippen molar-refractivity contribution < 1.29 is 19.4 Å². The van der Waals surface area contributed by atoms with E-state index >= 15 is 0 Å². The van der Waals surface area contributed by atoms with Crippen LogP contribution in [-0.4, -0.2) is 39.8 Å². The fourth-order valence-corrected chi connectivity index (χ4v) is 4.23. The van der Waals surface area contributed by atoms with E-state index in [2.05, 4.69) is 6.92 Å². The first-order chi connectivity index (χ1) is 14.7. The summed E-state index contributed by atoms with van der Waals surface area (Å²) in [6.07, 6.45) is 8.13. The van der Waals surface area contributed by atoms with E-state index in [0.717, 1.165) is 18.4 Å². The summed E-state index contributed by atoms with van der Waals surface area (Å²) in [6, 6.07) is 9.36. The van der Waals surface area contributed by atoms with Gasteiger partial charge >= 0.3 is 6.09 Å². The largest absolute Gasteiger partial charge is 0.441 e. The molecule has 5 heteroatoms. The molecule has 0 radical (unpaired) electrons. The van der Waals surface area contributed by atoms with Crippen LogP contribution in [0.4, 0.5) is 4.79 Å². The van der Waals surface area contributed by atoms with Gasteiger partial charge in [0.1, 0.15) is 5.60 Å². The standard InChI is InChI=1S/C26H39NO4/c1-6-7-8-9-10-14-17-21(28)23(19(2)3)24(29)27-22(26(4,5)31-25(27)30)18-20-15-12-11-13-16-20/h11-17,19,21-23,28H,6-10,18H2,1-5H3/b17-14+/t21-,22+,23+/m0/s1. The summed E-state index contributed by atoms with van der Waals surface area (Å²) in [6.45, 7) is 9.65. The Bertz CT molecular complexity index is 741. The summed E-state index contributed by atoms with van der Waals surface area (Å²) < 4.78 is 5.58. The molecule has 1 heterocycles. The minimum absolute atomic E-state index is 0.124. The van der Waals surface area contributed by atoms with Gasteiger partial charge < -0.3 is 9.84 Å². The number of benzene rings is 1. The lowest BCUT2D eigenvalue weighted by molar-refractivity contribution is -0.138. The summed E-state index contributed by atoms with van der Waals surface area (Å²) in [5.74, 6) is -1.19. The first kappa shape index (κ1) is 25.1. The highest BCUT2D eigenvalue weighted by Crippen LogP contribution is 2.34. The van der Waals surface area contributed by atoms with Crippen molar-refractivity contribution in [3.8, 4) is 0 Å².